The average molecular weight is 444 g/mol. The van der Waals surface area contributed by atoms with Gasteiger partial charge in [-0.1, -0.05) is 81.4 Å². The van der Waals surface area contributed by atoms with Gasteiger partial charge in [-0.3, -0.25) is 4.79 Å². The first-order valence-electron chi connectivity index (χ1n) is 10.4. The van der Waals surface area contributed by atoms with Crippen LogP contribution >= 0.6 is 11.8 Å². The minimum Gasteiger partial charge on any atom is -0.325 e. The zero-order valence-corrected chi connectivity index (χ0v) is 19.1. The van der Waals surface area contributed by atoms with E-state index >= 15 is 0 Å². The number of nitrogens with one attached hydrogen (secondary N) is 2. The highest BCUT2D eigenvalue weighted by atomic mass is 32.2. The molecule has 0 spiro atoms. The van der Waals surface area contributed by atoms with E-state index in [1.54, 1.807) is 11.8 Å². The fraction of sp³-hybridized carbons (Fsp3) is 0.200. The van der Waals surface area contributed by atoms with Gasteiger partial charge < -0.3 is 5.32 Å². The lowest BCUT2D eigenvalue weighted by atomic mass is 9.99. The molecule has 32 heavy (non-hydrogen) atoms. The molecule has 0 fully saturated rings. The fourth-order valence-corrected chi connectivity index (χ4v) is 4.41. The van der Waals surface area contributed by atoms with E-state index in [1.807, 2.05) is 60.7 Å². The van der Waals surface area contributed by atoms with Crippen molar-refractivity contribution in [2.75, 3.05) is 5.32 Å². The molecule has 0 atom stereocenters. The van der Waals surface area contributed by atoms with Gasteiger partial charge in [0.25, 0.3) is 0 Å². The van der Waals surface area contributed by atoms with Crippen LogP contribution in [0.2, 0.25) is 0 Å². The maximum Gasteiger partial charge on any atom is 0.228 e. The Morgan fingerprint density at radius 2 is 1.69 bits per heavy atom. The lowest BCUT2D eigenvalue weighted by Gasteiger charge is -2.21. The van der Waals surface area contributed by atoms with Crippen LogP contribution in [0.5, 0.6) is 0 Å². The molecule has 4 aromatic rings. The fourth-order valence-electron chi connectivity index (χ4n) is 3.40. The second-order valence-electron chi connectivity index (χ2n) is 8.42. The van der Waals surface area contributed by atoms with E-state index < -0.39 is 0 Å². The molecule has 1 aromatic heterocycles. The third kappa shape index (κ3) is 5.42. The number of rotatable bonds is 6. The van der Waals surface area contributed by atoms with E-state index in [2.05, 4.69) is 58.8 Å². The van der Waals surface area contributed by atoms with Crippen LogP contribution in [0.1, 0.15) is 26.3 Å². The van der Waals surface area contributed by atoms with Crippen LogP contribution in [0.3, 0.4) is 0 Å². The lowest BCUT2D eigenvalue weighted by molar-refractivity contribution is -0.115. The molecule has 0 unspecified atom stereocenters. The van der Waals surface area contributed by atoms with Crippen molar-refractivity contribution in [3.05, 3.63) is 78.4 Å². The molecule has 1 amide bonds. The molecule has 0 saturated heterocycles. The second kappa shape index (κ2) is 9.36. The van der Waals surface area contributed by atoms with Crippen LogP contribution in [0, 0.1) is 0 Å². The summed E-state index contributed by atoms with van der Waals surface area (Å²) in [4.78, 5) is 13.9. The van der Waals surface area contributed by atoms with Gasteiger partial charge in [-0.25, -0.2) is 0 Å². The topological polar surface area (TPSA) is 83.6 Å². The maximum atomic E-state index is 12.8. The zero-order valence-electron chi connectivity index (χ0n) is 18.3. The van der Waals surface area contributed by atoms with E-state index in [0.29, 0.717) is 12.2 Å². The van der Waals surface area contributed by atoms with Gasteiger partial charge in [0.1, 0.15) is 0 Å². The number of thioether (sulfide) groups is 1. The van der Waals surface area contributed by atoms with Crippen molar-refractivity contribution in [1.29, 1.82) is 0 Å². The van der Waals surface area contributed by atoms with Crippen molar-refractivity contribution in [1.82, 2.24) is 20.6 Å². The summed E-state index contributed by atoms with van der Waals surface area (Å²) < 4.78 is 0.00294. The molecule has 0 aliphatic heterocycles. The number of aromatic nitrogens is 4. The number of hydrogen-bond acceptors (Lipinski definition) is 5. The smallest absolute Gasteiger partial charge is 0.228 e. The normalized spacial score (nSPS) is 11.3. The summed E-state index contributed by atoms with van der Waals surface area (Å²) in [5.74, 6) is 0.485. The number of benzene rings is 3. The van der Waals surface area contributed by atoms with Gasteiger partial charge in [0, 0.05) is 15.2 Å². The molecule has 0 saturated carbocycles. The molecule has 7 heteroatoms. The van der Waals surface area contributed by atoms with Crippen LogP contribution in [-0.2, 0) is 11.2 Å². The highest BCUT2D eigenvalue weighted by Gasteiger charge is 2.18. The van der Waals surface area contributed by atoms with Crippen molar-refractivity contribution < 1.29 is 4.79 Å². The number of H-pyrrole nitrogens is 1. The van der Waals surface area contributed by atoms with E-state index in [1.165, 1.54) is 0 Å². The number of nitrogens with zero attached hydrogens (tertiary/aromatic N) is 3. The Morgan fingerprint density at radius 3 is 2.38 bits per heavy atom. The molecule has 0 radical (unpaired) electrons. The molecule has 1 heterocycles. The van der Waals surface area contributed by atoms with E-state index in [0.717, 1.165) is 32.8 Å². The Morgan fingerprint density at radius 1 is 0.969 bits per heavy atom. The van der Waals surface area contributed by atoms with Gasteiger partial charge >= 0.3 is 0 Å². The third-order valence-electron chi connectivity index (χ3n) is 4.70. The molecule has 0 aliphatic rings. The molecular weight excluding hydrogens is 418 g/mol. The van der Waals surface area contributed by atoms with Gasteiger partial charge in [0.15, 0.2) is 0 Å². The number of amides is 1. The Kier molecular flexibility index (Phi) is 6.37. The Labute approximate surface area is 191 Å². The molecule has 0 bridgehead atoms. The van der Waals surface area contributed by atoms with Gasteiger partial charge in [-0.15, -0.1) is 22.0 Å². The SMILES string of the molecule is CC(C)(C)Sc1ccc(-c2ccccc2-c2nn[nH]n2)cc1NC(=O)Cc1ccccc1. The lowest BCUT2D eigenvalue weighted by Crippen LogP contribution is -2.16. The second-order valence-corrected chi connectivity index (χ2v) is 10.3. The number of aromatic amines is 1. The van der Waals surface area contributed by atoms with Gasteiger partial charge in [0.2, 0.25) is 11.7 Å². The average Bonchev–Trinajstić information content (AvgIpc) is 3.29. The first-order chi connectivity index (χ1) is 15.4. The van der Waals surface area contributed by atoms with Crippen molar-refractivity contribution in [3.63, 3.8) is 0 Å². The first-order valence-corrected chi connectivity index (χ1v) is 11.2. The summed E-state index contributed by atoms with van der Waals surface area (Å²) in [5.41, 5.74) is 4.59. The highest BCUT2D eigenvalue weighted by Crippen LogP contribution is 2.40. The number of carbonyl (C=O) groups is 1. The maximum absolute atomic E-state index is 12.8. The molecule has 3 aromatic carbocycles. The van der Waals surface area contributed by atoms with Gasteiger partial charge in [0.05, 0.1) is 12.1 Å². The van der Waals surface area contributed by atoms with Crippen molar-refractivity contribution in [3.8, 4) is 22.5 Å². The first kappa shape index (κ1) is 21.8. The monoisotopic (exact) mass is 443 g/mol. The van der Waals surface area contributed by atoms with Gasteiger partial charge in [-0.05, 0) is 34.0 Å². The van der Waals surface area contributed by atoms with Crippen molar-refractivity contribution in [2.45, 2.75) is 36.8 Å². The van der Waals surface area contributed by atoms with Gasteiger partial charge in [-0.2, -0.15) is 5.21 Å². The highest BCUT2D eigenvalue weighted by molar-refractivity contribution is 8.00. The van der Waals surface area contributed by atoms with E-state index in [4.69, 9.17) is 0 Å². The zero-order chi connectivity index (χ0) is 22.6. The molecule has 2 N–H and O–H groups in total. The summed E-state index contributed by atoms with van der Waals surface area (Å²) in [6.45, 7) is 6.48. The predicted molar refractivity (Wildman–Crippen MR) is 129 cm³/mol. The van der Waals surface area contributed by atoms with Crippen molar-refractivity contribution in [2.24, 2.45) is 0 Å². The third-order valence-corrected chi connectivity index (χ3v) is 5.89. The molecule has 162 valence electrons. The van der Waals surface area contributed by atoms with E-state index in [-0.39, 0.29) is 10.7 Å². The Bertz CT molecular complexity index is 1200. The summed E-state index contributed by atoms with van der Waals surface area (Å²) in [5, 5.41) is 17.6. The Balaban J connectivity index is 1.70. The van der Waals surface area contributed by atoms with Crippen molar-refractivity contribution >= 4 is 23.4 Å². The molecule has 0 aliphatic carbocycles. The van der Waals surface area contributed by atoms with Crippen LogP contribution in [0.15, 0.2) is 77.7 Å². The molecule has 6 nitrogen and oxygen atoms in total. The summed E-state index contributed by atoms with van der Waals surface area (Å²) in [6.07, 6.45) is 0.324. The largest absolute Gasteiger partial charge is 0.325 e. The predicted octanol–water partition coefficient (Wildman–Crippen LogP) is 5.61. The minimum absolute atomic E-state index is 0.00294. The summed E-state index contributed by atoms with van der Waals surface area (Å²) in [6, 6.07) is 23.8. The number of anilines is 1. The van der Waals surface area contributed by atoms with Crippen LogP contribution in [-0.4, -0.2) is 31.3 Å². The van der Waals surface area contributed by atoms with Crippen LogP contribution in [0.4, 0.5) is 5.69 Å². The minimum atomic E-state index is -0.0458. The van der Waals surface area contributed by atoms with E-state index in [9.17, 15) is 4.79 Å². The quantitative estimate of drug-likeness (QED) is 0.379. The molecular formula is C25H25N5OS. The number of tetrazole rings is 1. The van der Waals surface area contributed by atoms with Crippen LogP contribution < -0.4 is 5.32 Å². The number of carbonyl (C=O) groups excluding carboxylic acids is 1. The molecule has 4 rings (SSSR count). The summed E-state index contributed by atoms with van der Waals surface area (Å²) >= 11 is 1.73. The van der Waals surface area contributed by atoms with Crippen LogP contribution in [0.25, 0.3) is 22.5 Å². The summed E-state index contributed by atoms with van der Waals surface area (Å²) in [7, 11) is 0. The standard InChI is InChI=1S/C25H25N5OS/c1-25(2,3)32-22-14-13-18(19-11-7-8-12-20(19)24-27-29-30-28-24)16-21(22)26-23(31)15-17-9-5-4-6-10-17/h4-14,16H,15H2,1-3H3,(H,26,31)(H,27,28,29,30). The number of hydrogen-bond donors (Lipinski definition) is 2. The Hall–Kier alpha value is -3.45.